The molecule has 1 aliphatic carbocycles. The van der Waals surface area contributed by atoms with E-state index in [1.54, 1.807) is 5.01 Å². The van der Waals surface area contributed by atoms with Crippen LogP contribution in [0.2, 0.25) is 0 Å². The maximum atomic E-state index is 8.70. The first-order valence-corrected chi connectivity index (χ1v) is 3.88. The van der Waals surface area contributed by atoms with E-state index in [-0.39, 0.29) is 5.92 Å². The van der Waals surface area contributed by atoms with Gasteiger partial charge in [-0.25, -0.2) is 0 Å². The monoisotopic (exact) mass is 151 g/mol. The minimum Gasteiger partial charge on any atom is -0.303 e. The van der Waals surface area contributed by atoms with Gasteiger partial charge in [-0.15, -0.1) is 0 Å². The molecule has 0 heterocycles. The minimum absolute atomic E-state index is 0.0809. The van der Waals surface area contributed by atoms with Crippen molar-refractivity contribution in [3.63, 3.8) is 0 Å². The van der Waals surface area contributed by atoms with Gasteiger partial charge in [0.1, 0.15) is 0 Å². The first-order chi connectivity index (χ1) is 5.24. The number of rotatable bonds is 1. The summed E-state index contributed by atoms with van der Waals surface area (Å²) in [5.41, 5.74) is 1.05. The van der Waals surface area contributed by atoms with Crippen molar-refractivity contribution in [2.24, 2.45) is 11.0 Å². The molecule has 0 amide bonds. The fourth-order valence-electron chi connectivity index (χ4n) is 1.34. The fourth-order valence-corrected chi connectivity index (χ4v) is 1.34. The third kappa shape index (κ3) is 1.94. The molecule has 0 radical (unpaired) electrons. The zero-order valence-corrected chi connectivity index (χ0v) is 7.04. The van der Waals surface area contributed by atoms with Crippen LogP contribution in [0.4, 0.5) is 0 Å². The van der Waals surface area contributed by atoms with Gasteiger partial charge < -0.3 is 5.01 Å². The first-order valence-electron chi connectivity index (χ1n) is 3.88. The summed E-state index contributed by atoms with van der Waals surface area (Å²) in [5.74, 6) is 0.0809. The van der Waals surface area contributed by atoms with Gasteiger partial charge in [-0.3, -0.25) is 0 Å². The van der Waals surface area contributed by atoms with E-state index in [0.29, 0.717) is 0 Å². The molecular formula is C8H13N3. The van der Waals surface area contributed by atoms with Gasteiger partial charge in [0.15, 0.2) is 0 Å². The average Bonchev–Trinajstić information content (AvgIpc) is 2.34. The van der Waals surface area contributed by atoms with Gasteiger partial charge in [-0.05, 0) is 19.3 Å². The Morgan fingerprint density at radius 3 is 2.91 bits per heavy atom. The van der Waals surface area contributed by atoms with Crippen molar-refractivity contribution in [2.45, 2.75) is 19.3 Å². The van der Waals surface area contributed by atoms with Crippen LogP contribution in [0.15, 0.2) is 5.10 Å². The Labute approximate surface area is 67.3 Å². The molecule has 0 aromatic rings. The molecule has 1 unspecified atom stereocenters. The van der Waals surface area contributed by atoms with Crippen molar-refractivity contribution in [2.75, 3.05) is 14.1 Å². The van der Waals surface area contributed by atoms with Crippen LogP contribution in [0.5, 0.6) is 0 Å². The Hall–Kier alpha value is -1.04. The van der Waals surface area contributed by atoms with E-state index >= 15 is 0 Å². The summed E-state index contributed by atoms with van der Waals surface area (Å²) in [6.07, 6.45) is 3.10. The van der Waals surface area contributed by atoms with E-state index < -0.39 is 0 Å². The second kappa shape index (κ2) is 3.38. The molecule has 11 heavy (non-hydrogen) atoms. The predicted octanol–water partition coefficient (Wildman–Crippen LogP) is 1.23. The van der Waals surface area contributed by atoms with Crippen LogP contribution in [0.25, 0.3) is 0 Å². The maximum Gasteiger partial charge on any atom is 0.0863 e. The highest BCUT2D eigenvalue weighted by atomic mass is 15.4. The summed E-state index contributed by atoms with van der Waals surface area (Å²) in [6, 6.07) is 2.26. The normalized spacial score (nSPS) is 27.0. The zero-order valence-electron chi connectivity index (χ0n) is 7.04. The van der Waals surface area contributed by atoms with Gasteiger partial charge in [0.05, 0.1) is 17.7 Å². The molecule has 0 saturated heterocycles. The quantitative estimate of drug-likeness (QED) is 0.529. The van der Waals surface area contributed by atoms with E-state index in [2.05, 4.69) is 11.2 Å². The van der Waals surface area contributed by atoms with Gasteiger partial charge in [-0.1, -0.05) is 0 Å². The van der Waals surface area contributed by atoms with Crippen molar-refractivity contribution in [1.82, 2.24) is 5.01 Å². The van der Waals surface area contributed by atoms with Crippen molar-refractivity contribution < 1.29 is 0 Å². The Kier molecular flexibility index (Phi) is 2.48. The lowest BCUT2D eigenvalue weighted by Crippen LogP contribution is -2.11. The minimum atomic E-state index is 0.0809. The molecule has 60 valence electrons. The number of nitrogens with zero attached hydrogens (tertiary/aromatic N) is 3. The van der Waals surface area contributed by atoms with Gasteiger partial charge >= 0.3 is 0 Å². The third-order valence-corrected chi connectivity index (χ3v) is 1.81. The Morgan fingerprint density at radius 1 is 1.64 bits per heavy atom. The molecular weight excluding hydrogens is 138 g/mol. The molecule has 0 spiro atoms. The van der Waals surface area contributed by atoms with Gasteiger partial charge in [-0.2, -0.15) is 10.4 Å². The Morgan fingerprint density at radius 2 is 2.36 bits per heavy atom. The van der Waals surface area contributed by atoms with E-state index in [1.165, 1.54) is 0 Å². The molecule has 0 bridgehead atoms. The number of nitriles is 1. The van der Waals surface area contributed by atoms with Crippen LogP contribution >= 0.6 is 0 Å². The summed E-state index contributed by atoms with van der Waals surface area (Å²) in [4.78, 5) is 0. The standard InChI is InChI=1S/C8H13N3/c1-11(2)10-8-5-3-4-7(8)6-9/h7H,3-5H2,1-2H3. The molecule has 1 atom stereocenters. The number of hydrogen-bond acceptors (Lipinski definition) is 3. The van der Waals surface area contributed by atoms with E-state index in [0.717, 1.165) is 25.0 Å². The highest BCUT2D eigenvalue weighted by Crippen LogP contribution is 2.21. The van der Waals surface area contributed by atoms with Crippen LogP contribution in [-0.4, -0.2) is 24.8 Å². The smallest absolute Gasteiger partial charge is 0.0863 e. The third-order valence-electron chi connectivity index (χ3n) is 1.81. The lowest BCUT2D eigenvalue weighted by atomic mass is 10.1. The molecule has 1 fully saturated rings. The Balaban J connectivity index is 2.65. The van der Waals surface area contributed by atoms with Crippen LogP contribution < -0.4 is 0 Å². The van der Waals surface area contributed by atoms with Gasteiger partial charge in [0, 0.05) is 14.1 Å². The van der Waals surface area contributed by atoms with E-state index in [4.69, 9.17) is 5.26 Å². The maximum absolute atomic E-state index is 8.70. The van der Waals surface area contributed by atoms with Gasteiger partial charge in [0.2, 0.25) is 0 Å². The molecule has 3 nitrogen and oxygen atoms in total. The largest absolute Gasteiger partial charge is 0.303 e. The first kappa shape index (κ1) is 8.06. The van der Waals surface area contributed by atoms with Crippen LogP contribution in [-0.2, 0) is 0 Å². The van der Waals surface area contributed by atoms with Crippen LogP contribution in [0.1, 0.15) is 19.3 Å². The molecule has 0 aliphatic heterocycles. The average molecular weight is 151 g/mol. The zero-order chi connectivity index (χ0) is 8.27. The van der Waals surface area contributed by atoms with Crippen LogP contribution in [0, 0.1) is 17.2 Å². The van der Waals surface area contributed by atoms with Crippen molar-refractivity contribution in [1.29, 1.82) is 5.26 Å². The van der Waals surface area contributed by atoms with Crippen molar-refractivity contribution >= 4 is 5.71 Å². The molecule has 0 aromatic heterocycles. The summed E-state index contributed by atoms with van der Waals surface area (Å²) >= 11 is 0. The lowest BCUT2D eigenvalue weighted by Gasteiger charge is -2.07. The molecule has 1 saturated carbocycles. The van der Waals surface area contributed by atoms with E-state index in [1.807, 2.05) is 14.1 Å². The second-order valence-electron chi connectivity index (χ2n) is 3.01. The topological polar surface area (TPSA) is 39.4 Å². The fraction of sp³-hybridized carbons (Fsp3) is 0.750. The predicted molar refractivity (Wildman–Crippen MR) is 44.1 cm³/mol. The summed E-state index contributed by atoms with van der Waals surface area (Å²) in [7, 11) is 3.78. The molecule has 3 heteroatoms. The van der Waals surface area contributed by atoms with E-state index in [9.17, 15) is 0 Å². The van der Waals surface area contributed by atoms with Crippen molar-refractivity contribution in [3.05, 3.63) is 0 Å². The SMILES string of the molecule is CN(C)N=C1CCCC1C#N. The summed E-state index contributed by atoms with van der Waals surface area (Å²) in [5, 5.41) is 14.7. The lowest BCUT2D eigenvalue weighted by molar-refractivity contribution is 0.434. The molecule has 1 rings (SSSR count). The highest BCUT2D eigenvalue weighted by molar-refractivity contribution is 5.90. The van der Waals surface area contributed by atoms with Gasteiger partial charge in [0.25, 0.3) is 0 Å². The molecule has 0 aromatic carbocycles. The number of hydrogen-bond donors (Lipinski definition) is 0. The molecule has 0 N–H and O–H groups in total. The second-order valence-corrected chi connectivity index (χ2v) is 3.01. The summed E-state index contributed by atoms with van der Waals surface area (Å²) < 4.78 is 0. The Bertz CT molecular complexity index is 200. The highest BCUT2D eigenvalue weighted by Gasteiger charge is 2.22. The van der Waals surface area contributed by atoms with Crippen LogP contribution in [0.3, 0.4) is 0 Å². The number of hydrazone groups is 1. The summed E-state index contributed by atoms with van der Waals surface area (Å²) in [6.45, 7) is 0. The van der Waals surface area contributed by atoms with Crippen molar-refractivity contribution in [3.8, 4) is 6.07 Å². The molecule has 1 aliphatic rings.